The molecule has 0 amide bonds. The first-order chi connectivity index (χ1) is 15.0. The van der Waals surface area contributed by atoms with Gasteiger partial charge in [0.15, 0.2) is 0 Å². The Kier molecular flexibility index (Phi) is 6.37. The average Bonchev–Trinajstić information content (AvgIpc) is 3.28. The fourth-order valence-corrected chi connectivity index (χ4v) is 3.92. The molecule has 1 aromatic heterocycles. The molecule has 2 aliphatic heterocycles. The van der Waals surface area contributed by atoms with E-state index in [0.717, 1.165) is 59.6 Å². The number of ether oxygens (including phenoxy) is 3. The molecule has 1 unspecified atom stereocenters. The second-order valence-electron chi connectivity index (χ2n) is 7.93. The summed E-state index contributed by atoms with van der Waals surface area (Å²) in [5.41, 5.74) is 4.63. The summed E-state index contributed by atoms with van der Waals surface area (Å²) in [6.45, 7) is 11.9. The van der Waals surface area contributed by atoms with E-state index in [-0.39, 0.29) is 11.8 Å². The van der Waals surface area contributed by atoms with Crippen molar-refractivity contribution in [1.29, 1.82) is 0 Å². The third-order valence-corrected chi connectivity index (χ3v) is 5.65. The Bertz CT molecular complexity index is 1080. The molecule has 4 rings (SSSR count). The summed E-state index contributed by atoms with van der Waals surface area (Å²) in [4.78, 5) is 16.7. The fourth-order valence-electron chi connectivity index (χ4n) is 3.92. The molecule has 0 saturated carbocycles. The number of benzene rings is 1. The van der Waals surface area contributed by atoms with Crippen LogP contribution in [0.25, 0.3) is 11.3 Å². The summed E-state index contributed by atoms with van der Waals surface area (Å²) < 4.78 is 19.1. The maximum Gasteiger partial charge on any atom is 0.351 e. The Balaban J connectivity index is 1.54. The minimum atomic E-state index is -0.286. The number of fused-ring (bicyclic) bond motifs is 3. The molecule has 6 heteroatoms. The highest BCUT2D eigenvalue weighted by atomic mass is 16.5. The largest absolute Gasteiger partial charge is 0.489 e. The smallest absolute Gasteiger partial charge is 0.351 e. The molecule has 0 N–H and O–H groups in total. The Hall–Kier alpha value is -3.12. The fraction of sp³-hybridized carbons (Fsp3) is 0.360. The molecular weight excluding hydrogens is 392 g/mol. The van der Waals surface area contributed by atoms with Crippen LogP contribution in [0.4, 0.5) is 0 Å². The highest BCUT2D eigenvalue weighted by molar-refractivity contribution is 5.67. The van der Waals surface area contributed by atoms with E-state index in [4.69, 9.17) is 14.2 Å². The minimum absolute atomic E-state index is 0.0758. The third kappa shape index (κ3) is 4.80. The topological polar surface area (TPSA) is 62.6 Å². The number of hydrogen-bond acceptors (Lipinski definition) is 5. The van der Waals surface area contributed by atoms with Crippen molar-refractivity contribution in [3.63, 3.8) is 0 Å². The molecule has 3 heterocycles. The van der Waals surface area contributed by atoms with Crippen molar-refractivity contribution >= 4 is 0 Å². The Morgan fingerprint density at radius 2 is 2.23 bits per heavy atom. The maximum absolute atomic E-state index is 12.6. The molecule has 0 spiro atoms. The second-order valence-corrected chi connectivity index (χ2v) is 7.93. The molecule has 0 aliphatic carbocycles. The van der Waals surface area contributed by atoms with E-state index < -0.39 is 0 Å². The lowest BCUT2D eigenvalue weighted by Gasteiger charge is -2.22. The van der Waals surface area contributed by atoms with Gasteiger partial charge in [-0.1, -0.05) is 30.9 Å². The van der Waals surface area contributed by atoms with Crippen molar-refractivity contribution in [2.24, 2.45) is 0 Å². The minimum Gasteiger partial charge on any atom is -0.489 e. The van der Waals surface area contributed by atoms with E-state index in [9.17, 15) is 4.79 Å². The number of aryl methyl sites for hydroxylation is 1. The van der Waals surface area contributed by atoms with Crippen LogP contribution in [0.2, 0.25) is 0 Å². The molecule has 1 atom stereocenters. The lowest BCUT2D eigenvalue weighted by atomic mass is 9.97. The van der Waals surface area contributed by atoms with Gasteiger partial charge in [0.1, 0.15) is 19.0 Å². The third-order valence-electron chi connectivity index (χ3n) is 5.65. The molecule has 1 aromatic carbocycles. The van der Waals surface area contributed by atoms with Gasteiger partial charge in [0.25, 0.3) is 0 Å². The molecule has 1 saturated heterocycles. The van der Waals surface area contributed by atoms with Crippen molar-refractivity contribution in [2.75, 3.05) is 19.8 Å². The van der Waals surface area contributed by atoms with Gasteiger partial charge in [-0.2, -0.15) is 4.98 Å². The quantitative estimate of drug-likeness (QED) is 0.602. The van der Waals surface area contributed by atoms with Crippen LogP contribution in [0.15, 0.2) is 65.5 Å². The summed E-state index contributed by atoms with van der Waals surface area (Å²) in [6.07, 6.45) is 6.49. The lowest BCUT2D eigenvalue weighted by Crippen LogP contribution is -2.29. The summed E-state index contributed by atoms with van der Waals surface area (Å²) >= 11 is 0. The van der Waals surface area contributed by atoms with Crippen LogP contribution in [0.5, 0.6) is 11.6 Å². The van der Waals surface area contributed by atoms with Crippen molar-refractivity contribution < 1.29 is 14.2 Å². The van der Waals surface area contributed by atoms with Crippen molar-refractivity contribution in [3.05, 3.63) is 76.8 Å². The zero-order valence-electron chi connectivity index (χ0n) is 17.9. The predicted molar refractivity (Wildman–Crippen MR) is 121 cm³/mol. The summed E-state index contributed by atoms with van der Waals surface area (Å²) in [5, 5.41) is 0. The van der Waals surface area contributed by atoms with Gasteiger partial charge in [-0.3, -0.25) is 4.57 Å². The Morgan fingerprint density at radius 3 is 2.97 bits per heavy atom. The number of aromatic nitrogens is 2. The van der Waals surface area contributed by atoms with Crippen molar-refractivity contribution in [3.8, 4) is 22.9 Å². The highest BCUT2D eigenvalue weighted by Crippen LogP contribution is 2.32. The molecular formula is C25H28N2O4. The van der Waals surface area contributed by atoms with Crippen molar-refractivity contribution in [2.45, 2.75) is 38.8 Å². The van der Waals surface area contributed by atoms with Crippen LogP contribution in [0, 0.1) is 0 Å². The first-order valence-electron chi connectivity index (χ1n) is 10.6. The maximum atomic E-state index is 12.6. The summed E-state index contributed by atoms with van der Waals surface area (Å²) in [7, 11) is 0. The van der Waals surface area contributed by atoms with Gasteiger partial charge in [-0.25, -0.2) is 4.79 Å². The van der Waals surface area contributed by atoms with Crippen LogP contribution in [-0.2, 0) is 17.7 Å². The number of allylic oxidation sites excluding steroid dienone is 2. The van der Waals surface area contributed by atoms with E-state index in [1.807, 2.05) is 37.3 Å². The first-order valence-corrected chi connectivity index (χ1v) is 10.6. The van der Waals surface area contributed by atoms with E-state index in [0.29, 0.717) is 25.6 Å². The number of hydrogen-bond donors (Lipinski definition) is 0. The highest BCUT2D eigenvalue weighted by Gasteiger charge is 2.21. The molecule has 31 heavy (non-hydrogen) atoms. The molecule has 1 fully saturated rings. The normalized spacial score (nSPS) is 17.6. The molecule has 0 radical (unpaired) electrons. The van der Waals surface area contributed by atoms with Gasteiger partial charge < -0.3 is 14.2 Å². The lowest BCUT2D eigenvalue weighted by molar-refractivity contribution is 0.0661. The zero-order chi connectivity index (χ0) is 21.8. The van der Waals surface area contributed by atoms with Crippen LogP contribution >= 0.6 is 0 Å². The van der Waals surface area contributed by atoms with E-state index in [1.165, 1.54) is 0 Å². The average molecular weight is 421 g/mol. The van der Waals surface area contributed by atoms with E-state index in [2.05, 4.69) is 18.1 Å². The monoisotopic (exact) mass is 420 g/mol. The van der Waals surface area contributed by atoms with Gasteiger partial charge in [0, 0.05) is 24.8 Å². The summed E-state index contributed by atoms with van der Waals surface area (Å²) in [5.74, 6) is 1.13. The number of rotatable bonds is 8. The van der Waals surface area contributed by atoms with Gasteiger partial charge in [0.2, 0.25) is 5.88 Å². The van der Waals surface area contributed by atoms with E-state index >= 15 is 0 Å². The molecule has 162 valence electrons. The molecule has 2 aromatic rings. The van der Waals surface area contributed by atoms with Crippen LogP contribution < -0.4 is 15.2 Å². The number of nitrogens with zero attached hydrogens (tertiary/aromatic N) is 2. The van der Waals surface area contributed by atoms with E-state index in [1.54, 1.807) is 10.6 Å². The molecule has 0 bridgehead atoms. The van der Waals surface area contributed by atoms with Crippen LogP contribution in [0.3, 0.4) is 0 Å². The standard InChI is InChI=1S/C25H28N2O4/c1-4-6-19(17(2)3)15-30-20-8-9-22-18(13-20)10-11-27-23(22)14-24(26-25(27)28)31-16-21-7-5-12-29-21/h4,6,8-9,13-14,21H,1-2,5,7,10-12,15-16H2,3H3/b19-6-. The SMILES string of the molecule is C=C/C=C(/COc1ccc2c(c1)CCn1c-2cc(OCC2CCCO2)nc1=O)C(=C)C. The Morgan fingerprint density at radius 1 is 1.35 bits per heavy atom. The van der Waals surface area contributed by atoms with Crippen LogP contribution in [0.1, 0.15) is 25.3 Å². The van der Waals surface area contributed by atoms with Gasteiger partial charge in [-0.05, 0) is 55.5 Å². The zero-order valence-corrected chi connectivity index (χ0v) is 17.9. The van der Waals surface area contributed by atoms with Crippen LogP contribution in [-0.4, -0.2) is 35.5 Å². The van der Waals surface area contributed by atoms with Gasteiger partial charge in [-0.15, -0.1) is 0 Å². The molecule has 2 aliphatic rings. The summed E-state index contributed by atoms with van der Waals surface area (Å²) in [6, 6.07) is 7.81. The second kappa shape index (κ2) is 9.35. The predicted octanol–water partition coefficient (Wildman–Crippen LogP) is 4.09. The molecule has 6 nitrogen and oxygen atoms in total. The first kappa shape index (κ1) is 21.1. The Labute approximate surface area is 182 Å². The van der Waals surface area contributed by atoms with Crippen molar-refractivity contribution in [1.82, 2.24) is 9.55 Å². The van der Waals surface area contributed by atoms with Gasteiger partial charge in [0.05, 0.1) is 11.8 Å². The van der Waals surface area contributed by atoms with Gasteiger partial charge >= 0.3 is 5.69 Å².